The highest BCUT2D eigenvalue weighted by molar-refractivity contribution is 7.15. The number of aromatic nitrogens is 1. The van der Waals surface area contributed by atoms with Gasteiger partial charge in [0, 0.05) is 22.8 Å². The smallest absolute Gasteiger partial charge is 0.253 e. The summed E-state index contributed by atoms with van der Waals surface area (Å²) in [5.41, 5.74) is 1.53. The molecule has 1 heterocycles. The summed E-state index contributed by atoms with van der Waals surface area (Å²) in [5.74, 6) is 0.832. The number of para-hydroxylation sites is 1. The van der Waals surface area contributed by atoms with Crippen molar-refractivity contribution in [2.45, 2.75) is 51.6 Å². The SMILES string of the molecule is CCC1CCC(NC(=O)c2ccccc2NCc2cnc(Cl)s2)CC1. The minimum atomic E-state index is 0.00499. The number of amides is 1. The van der Waals surface area contributed by atoms with Gasteiger partial charge >= 0.3 is 0 Å². The predicted molar refractivity (Wildman–Crippen MR) is 104 cm³/mol. The number of benzene rings is 1. The van der Waals surface area contributed by atoms with Crippen LogP contribution < -0.4 is 10.6 Å². The molecule has 2 aromatic rings. The number of halogens is 1. The number of nitrogens with one attached hydrogen (secondary N) is 2. The van der Waals surface area contributed by atoms with E-state index in [1.54, 1.807) is 6.20 Å². The number of carbonyl (C=O) groups is 1. The third kappa shape index (κ3) is 4.95. The van der Waals surface area contributed by atoms with Gasteiger partial charge in [-0.1, -0.05) is 37.1 Å². The van der Waals surface area contributed by atoms with Crippen molar-refractivity contribution in [2.75, 3.05) is 5.32 Å². The summed E-state index contributed by atoms with van der Waals surface area (Å²) in [6.45, 7) is 2.86. The molecular formula is C19H24ClN3OS. The van der Waals surface area contributed by atoms with Crippen LogP contribution in [0.15, 0.2) is 30.5 Å². The zero-order chi connectivity index (χ0) is 17.6. The summed E-state index contributed by atoms with van der Waals surface area (Å²) in [7, 11) is 0. The van der Waals surface area contributed by atoms with Gasteiger partial charge in [-0.3, -0.25) is 4.79 Å². The monoisotopic (exact) mass is 377 g/mol. The van der Waals surface area contributed by atoms with E-state index in [9.17, 15) is 4.79 Å². The lowest BCUT2D eigenvalue weighted by Crippen LogP contribution is -2.37. The second-order valence-corrected chi connectivity index (χ2v) is 8.28. The van der Waals surface area contributed by atoms with Crippen LogP contribution in [0.1, 0.15) is 54.3 Å². The van der Waals surface area contributed by atoms with Gasteiger partial charge in [-0.05, 0) is 43.7 Å². The van der Waals surface area contributed by atoms with Crippen molar-refractivity contribution in [3.63, 3.8) is 0 Å². The van der Waals surface area contributed by atoms with Gasteiger partial charge in [-0.25, -0.2) is 4.98 Å². The first-order valence-corrected chi connectivity index (χ1v) is 10.1. The van der Waals surface area contributed by atoms with Crippen LogP contribution in [-0.4, -0.2) is 16.9 Å². The number of hydrogen-bond acceptors (Lipinski definition) is 4. The molecular weight excluding hydrogens is 354 g/mol. The van der Waals surface area contributed by atoms with Crippen LogP contribution in [0.3, 0.4) is 0 Å². The van der Waals surface area contributed by atoms with Crippen molar-refractivity contribution in [1.82, 2.24) is 10.3 Å². The van der Waals surface area contributed by atoms with Crippen molar-refractivity contribution in [3.8, 4) is 0 Å². The molecule has 1 amide bonds. The Labute approximate surface area is 158 Å². The minimum absolute atomic E-state index is 0.00499. The number of rotatable bonds is 6. The maximum Gasteiger partial charge on any atom is 0.253 e. The minimum Gasteiger partial charge on any atom is -0.379 e. The normalized spacial score (nSPS) is 20.2. The summed E-state index contributed by atoms with van der Waals surface area (Å²) in [4.78, 5) is 17.8. The van der Waals surface area contributed by atoms with E-state index in [-0.39, 0.29) is 5.91 Å². The fourth-order valence-corrected chi connectivity index (χ4v) is 4.28. The molecule has 3 rings (SSSR count). The highest BCUT2D eigenvalue weighted by atomic mass is 35.5. The van der Waals surface area contributed by atoms with E-state index in [1.165, 1.54) is 30.6 Å². The fourth-order valence-electron chi connectivity index (χ4n) is 3.36. The molecule has 0 bridgehead atoms. The van der Waals surface area contributed by atoms with Gasteiger partial charge in [0.25, 0.3) is 5.91 Å². The lowest BCUT2D eigenvalue weighted by Gasteiger charge is -2.28. The first-order valence-electron chi connectivity index (χ1n) is 8.89. The average molecular weight is 378 g/mol. The topological polar surface area (TPSA) is 54.0 Å². The van der Waals surface area contributed by atoms with E-state index in [2.05, 4.69) is 22.5 Å². The first-order chi connectivity index (χ1) is 12.2. The zero-order valence-electron chi connectivity index (χ0n) is 14.4. The second kappa shape index (κ2) is 8.68. The van der Waals surface area contributed by atoms with E-state index in [4.69, 9.17) is 11.6 Å². The zero-order valence-corrected chi connectivity index (χ0v) is 16.0. The molecule has 1 aromatic heterocycles. The Morgan fingerprint density at radius 3 is 2.72 bits per heavy atom. The Kier molecular flexibility index (Phi) is 6.32. The van der Waals surface area contributed by atoms with Gasteiger partial charge < -0.3 is 10.6 Å². The molecule has 1 aliphatic rings. The van der Waals surface area contributed by atoms with Crippen molar-refractivity contribution in [3.05, 3.63) is 45.4 Å². The second-order valence-electron chi connectivity index (χ2n) is 6.58. The molecule has 0 aliphatic heterocycles. The maximum absolute atomic E-state index is 12.7. The molecule has 4 nitrogen and oxygen atoms in total. The highest BCUT2D eigenvalue weighted by Gasteiger charge is 2.22. The molecule has 134 valence electrons. The molecule has 1 aliphatic carbocycles. The molecule has 0 spiro atoms. The molecule has 1 saturated carbocycles. The van der Waals surface area contributed by atoms with Crippen LogP contribution >= 0.6 is 22.9 Å². The van der Waals surface area contributed by atoms with Crippen LogP contribution in [-0.2, 0) is 6.54 Å². The molecule has 6 heteroatoms. The van der Waals surface area contributed by atoms with Gasteiger partial charge in [0.2, 0.25) is 0 Å². The van der Waals surface area contributed by atoms with E-state index in [0.717, 1.165) is 29.3 Å². The molecule has 0 unspecified atom stereocenters. The quantitative estimate of drug-likeness (QED) is 0.735. The Hall–Kier alpha value is -1.59. The number of thiazole rings is 1. The highest BCUT2D eigenvalue weighted by Crippen LogP contribution is 2.27. The summed E-state index contributed by atoms with van der Waals surface area (Å²) in [6, 6.07) is 7.94. The van der Waals surface area contributed by atoms with Crippen LogP contribution in [0.25, 0.3) is 0 Å². The van der Waals surface area contributed by atoms with Gasteiger partial charge in [-0.2, -0.15) is 0 Å². The van der Waals surface area contributed by atoms with Crippen LogP contribution in [0.5, 0.6) is 0 Å². The Balaban J connectivity index is 1.60. The molecule has 25 heavy (non-hydrogen) atoms. The lowest BCUT2D eigenvalue weighted by atomic mass is 9.84. The van der Waals surface area contributed by atoms with Gasteiger partial charge in [-0.15, -0.1) is 11.3 Å². The Morgan fingerprint density at radius 2 is 2.04 bits per heavy atom. The molecule has 0 radical (unpaired) electrons. The Bertz CT molecular complexity index is 710. The predicted octanol–water partition coefficient (Wildman–Crippen LogP) is 5.11. The third-order valence-electron chi connectivity index (χ3n) is 4.91. The van der Waals surface area contributed by atoms with E-state index in [1.807, 2.05) is 24.3 Å². The third-order valence-corrected chi connectivity index (χ3v) is 6.02. The van der Waals surface area contributed by atoms with Crippen molar-refractivity contribution >= 4 is 34.5 Å². The number of hydrogen-bond donors (Lipinski definition) is 2. The van der Waals surface area contributed by atoms with E-state index < -0.39 is 0 Å². The molecule has 0 atom stereocenters. The lowest BCUT2D eigenvalue weighted by molar-refractivity contribution is 0.0922. The first kappa shape index (κ1) is 18.2. The summed E-state index contributed by atoms with van der Waals surface area (Å²) >= 11 is 7.31. The standard InChI is InChI=1S/C19H24ClN3OS/c1-2-13-7-9-14(10-8-13)23-18(24)16-5-3-4-6-17(16)21-11-15-12-22-19(20)25-15/h3-6,12-14,21H,2,7-11H2,1H3,(H,23,24). The Morgan fingerprint density at radius 1 is 1.28 bits per heavy atom. The van der Waals surface area contributed by atoms with Crippen molar-refractivity contribution < 1.29 is 4.79 Å². The molecule has 0 saturated heterocycles. The van der Waals surface area contributed by atoms with Gasteiger partial charge in [0.15, 0.2) is 4.47 Å². The molecule has 1 fully saturated rings. The number of carbonyl (C=O) groups excluding carboxylic acids is 1. The van der Waals surface area contributed by atoms with Gasteiger partial charge in [0.1, 0.15) is 0 Å². The number of anilines is 1. The molecule has 2 N–H and O–H groups in total. The summed E-state index contributed by atoms with van der Waals surface area (Å²) in [6.07, 6.45) is 7.60. The molecule has 1 aromatic carbocycles. The maximum atomic E-state index is 12.7. The average Bonchev–Trinajstić information content (AvgIpc) is 3.06. The van der Waals surface area contributed by atoms with Crippen molar-refractivity contribution in [1.29, 1.82) is 0 Å². The van der Waals surface area contributed by atoms with Gasteiger partial charge in [0.05, 0.1) is 12.1 Å². The van der Waals surface area contributed by atoms with E-state index in [0.29, 0.717) is 22.6 Å². The van der Waals surface area contributed by atoms with Crippen LogP contribution in [0.2, 0.25) is 4.47 Å². The number of nitrogens with zero attached hydrogens (tertiary/aromatic N) is 1. The fraction of sp³-hybridized carbons (Fsp3) is 0.474. The van der Waals surface area contributed by atoms with Crippen LogP contribution in [0.4, 0.5) is 5.69 Å². The summed E-state index contributed by atoms with van der Waals surface area (Å²) < 4.78 is 0.533. The van der Waals surface area contributed by atoms with Crippen molar-refractivity contribution in [2.24, 2.45) is 5.92 Å². The summed E-state index contributed by atoms with van der Waals surface area (Å²) in [5, 5.41) is 6.54. The largest absolute Gasteiger partial charge is 0.379 e. The van der Waals surface area contributed by atoms with Crippen LogP contribution in [0, 0.1) is 5.92 Å². The van der Waals surface area contributed by atoms with E-state index >= 15 is 0 Å².